The summed E-state index contributed by atoms with van der Waals surface area (Å²) < 4.78 is 30.0. The number of benzene rings is 8. The van der Waals surface area contributed by atoms with Crippen molar-refractivity contribution in [1.82, 2.24) is 5.32 Å². The molecule has 1 heterocycles. The quantitative estimate of drug-likeness (QED) is 0.0769. The zero-order valence-electron chi connectivity index (χ0n) is 41.5. The molecule has 0 amide bonds. The summed E-state index contributed by atoms with van der Waals surface area (Å²) >= 11 is 0. The van der Waals surface area contributed by atoms with Gasteiger partial charge >= 0.3 is 0 Å². The molecule has 0 aliphatic carbocycles. The van der Waals surface area contributed by atoms with Crippen LogP contribution in [0.5, 0.6) is 28.7 Å². The topological polar surface area (TPSA) is 131 Å². The van der Waals surface area contributed by atoms with Crippen molar-refractivity contribution in [2.45, 2.75) is 40.3 Å². The summed E-state index contributed by atoms with van der Waals surface area (Å²) in [6.45, 7) is 23.0. The normalized spacial score (nSPS) is 11.2. The fraction of sp³-hybridized carbons (Fsp3) is 0.177. The Kier molecular flexibility index (Phi) is 19.2. The summed E-state index contributed by atoms with van der Waals surface area (Å²) in [6, 6.07) is 59.7. The SMILES string of the molecule is NCCN.[C-]#[N+]c1cccc(COc2cc(OCc3cccc(-c4ccccc4)c3C)ccc2C2=NCCN2)c1.[C-]#[N+]c1cccc(COc2cc(OCc3cccc(-c4ccccc4)c3C)ccc2OC)c1. The number of amidine groups is 1. The van der Waals surface area contributed by atoms with Crippen molar-refractivity contribution in [3.63, 3.8) is 0 Å². The number of hydrogen-bond acceptors (Lipinski definition) is 9. The van der Waals surface area contributed by atoms with Crippen molar-refractivity contribution in [1.29, 1.82) is 0 Å². The van der Waals surface area contributed by atoms with Crippen molar-refractivity contribution in [2.24, 2.45) is 16.5 Å². The highest BCUT2D eigenvalue weighted by Gasteiger charge is 2.17. The van der Waals surface area contributed by atoms with Gasteiger partial charge < -0.3 is 40.5 Å². The Morgan fingerprint density at radius 3 is 1.47 bits per heavy atom. The molecule has 0 saturated heterocycles. The van der Waals surface area contributed by atoms with Gasteiger partial charge in [0.1, 0.15) is 49.5 Å². The number of nitrogens with one attached hydrogen (secondary N) is 1. The Morgan fingerprint density at radius 1 is 0.493 bits per heavy atom. The second kappa shape index (κ2) is 26.9. The zero-order valence-corrected chi connectivity index (χ0v) is 41.5. The van der Waals surface area contributed by atoms with E-state index in [0.717, 1.165) is 52.5 Å². The molecule has 0 fully saturated rings. The highest BCUT2D eigenvalue weighted by atomic mass is 16.5. The third-order valence-electron chi connectivity index (χ3n) is 11.9. The van der Waals surface area contributed by atoms with E-state index in [-0.39, 0.29) is 0 Å². The molecule has 0 bridgehead atoms. The molecule has 1 aliphatic heterocycles. The van der Waals surface area contributed by atoms with Crippen LogP contribution in [-0.2, 0) is 26.4 Å². The summed E-state index contributed by atoms with van der Waals surface area (Å²) in [5.74, 6) is 4.18. The molecule has 11 nitrogen and oxygen atoms in total. The Balaban J connectivity index is 0.000000200. The molecule has 0 atom stereocenters. The Labute approximate surface area is 429 Å². The van der Waals surface area contributed by atoms with E-state index in [4.69, 9.17) is 48.3 Å². The maximum atomic E-state index is 7.25. The molecule has 0 unspecified atom stereocenters. The highest BCUT2D eigenvalue weighted by Crippen LogP contribution is 2.34. The van der Waals surface area contributed by atoms with E-state index in [9.17, 15) is 0 Å². The van der Waals surface area contributed by atoms with E-state index in [1.807, 2.05) is 84.9 Å². The van der Waals surface area contributed by atoms with Gasteiger partial charge in [-0.05, 0) is 106 Å². The molecule has 5 N–H and O–H groups in total. The van der Waals surface area contributed by atoms with Crippen LogP contribution in [0.4, 0.5) is 11.4 Å². The van der Waals surface area contributed by atoms with Crippen LogP contribution < -0.4 is 40.5 Å². The number of methoxy groups -OCH3 is 1. The lowest BCUT2D eigenvalue weighted by Crippen LogP contribution is -2.20. The van der Waals surface area contributed by atoms with Gasteiger partial charge in [0.15, 0.2) is 22.9 Å². The molecule has 0 spiro atoms. The summed E-state index contributed by atoms with van der Waals surface area (Å²) in [7, 11) is 1.61. The number of hydrogen-bond donors (Lipinski definition) is 3. The van der Waals surface area contributed by atoms with E-state index in [1.54, 1.807) is 19.2 Å². The van der Waals surface area contributed by atoms with Crippen molar-refractivity contribution >= 4 is 17.2 Å². The number of nitrogens with two attached hydrogens (primary N) is 2. The van der Waals surface area contributed by atoms with Gasteiger partial charge in [-0.2, -0.15) is 0 Å². The maximum Gasteiger partial charge on any atom is 0.187 e. The first kappa shape index (κ1) is 52.0. The van der Waals surface area contributed by atoms with Crippen molar-refractivity contribution in [2.75, 3.05) is 33.3 Å². The molecular formula is C62H60N6O5. The van der Waals surface area contributed by atoms with Gasteiger partial charge in [0.05, 0.1) is 32.4 Å². The maximum absolute atomic E-state index is 7.25. The minimum absolute atomic E-state index is 0.335. The second-order valence-electron chi connectivity index (χ2n) is 16.8. The van der Waals surface area contributed by atoms with Crippen LogP contribution in [-0.4, -0.2) is 39.1 Å². The first-order valence-electron chi connectivity index (χ1n) is 24.0. The Hall–Kier alpha value is -8.87. The predicted molar refractivity (Wildman–Crippen MR) is 293 cm³/mol. The van der Waals surface area contributed by atoms with Crippen molar-refractivity contribution in [3.8, 4) is 51.0 Å². The van der Waals surface area contributed by atoms with Gasteiger partial charge in [-0.3, -0.25) is 4.99 Å². The molecule has 11 heteroatoms. The average Bonchev–Trinajstić information content (AvgIpc) is 3.99. The Bertz CT molecular complexity index is 3180. The van der Waals surface area contributed by atoms with Gasteiger partial charge in [0.25, 0.3) is 0 Å². The standard InChI is InChI=1S/C31H27N3O2.C29H25NO3.C2H8N2/c1-22-25(11-7-13-28(22)24-9-4-3-5-10-24)21-35-27-14-15-29(31-33-16-17-34-31)30(19-27)36-20-23-8-6-12-26(18-23)32-2;1-21-24(12-8-14-27(21)23-10-5-4-6-11-23)20-32-26-15-16-28(31-3)29(18-26)33-19-22-9-7-13-25(17-22)30-2;3-1-2-4/h3-15,18-19H,16-17,20-21H2,1H3,(H,33,34);4-18H,19-20H2,1,3H3;1-4H2. The van der Waals surface area contributed by atoms with Crippen LogP contribution in [0.15, 0.2) is 187 Å². The second-order valence-corrected chi connectivity index (χ2v) is 16.8. The molecule has 0 radical (unpaired) electrons. The van der Waals surface area contributed by atoms with Crippen LogP contribution in [0, 0.1) is 27.0 Å². The molecule has 9 rings (SSSR count). The van der Waals surface area contributed by atoms with Crippen LogP contribution >= 0.6 is 0 Å². The van der Waals surface area contributed by atoms with E-state index in [2.05, 4.69) is 119 Å². The van der Waals surface area contributed by atoms with Crippen molar-refractivity contribution < 1.29 is 23.7 Å². The van der Waals surface area contributed by atoms with Crippen molar-refractivity contribution in [3.05, 3.63) is 244 Å². The number of ether oxygens (including phenoxy) is 5. The van der Waals surface area contributed by atoms with Crippen LogP contribution in [0.2, 0.25) is 0 Å². The van der Waals surface area contributed by atoms with Crippen LogP contribution in [0.1, 0.15) is 38.9 Å². The van der Waals surface area contributed by atoms with E-state index in [1.165, 1.54) is 33.4 Å². The van der Waals surface area contributed by atoms with E-state index < -0.39 is 0 Å². The molecule has 8 aromatic rings. The van der Waals surface area contributed by atoms with Gasteiger partial charge in [-0.15, -0.1) is 0 Å². The lowest BCUT2D eigenvalue weighted by molar-refractivity contribution is 0.274. The van der Waals surface area contributed by atoms with Gasteiger partial charge in [0.2, 0.25) is 0 Å². The zero-order chi connectivity index (χ0) is 51.2. The molecule has 0 aromatic heterocycles. The summed E-state index contributed by atoms with van der Waals surface area (Å²) in [5, 5.41) is 3.33. The van der Waals surface area contributed by atoms with E-state index >= 15 is 0 Å². The molecule has 1 aliphatic rings. The highest BCUT2D eigenvalue weighted by molar-refractivity contribution is 6.02. The number of aliphatic imine (C=N–C) groups is 1. The molecule has 73 heavy (non-hydrogen) atoms. The van der Waals surface area contributed by atoms with Crippen LogP contribution in [0.3, 0.4) is 0 Å². The third-order valence-corrected chi connectivity index (χ3v) is 11.9. The first-order chi connectivity index (χ1) is 35.8. The lowest BCUT2D eigenvalue weighted by Gasteiger charge is -2.16. The summed E-state index contributed by atoms with van der Waals surface area (Å²) in [5.41, 5.74) is 23.3. The number of nitrogens with zero attached hydrogens (tertiary/aromatic N) is 3. The predicted octanol–water partition coefficient (Wildman–Crippen LogP) is 13.0. The molecule has 368 valence electrons. The lowest BCUT2D eigenvalue weighted by atomic mass is 9.97. The monoisotopic (exact) mass is 968 g/mol. The average molecular weight is 969 g/mol. The molecule has 8 aromatic carbocycles. The van der Waals surface area contributed by atoms with Gasteiger partial charge in [0, 0.05) is 31.8 Å². The minimum atomic E-state index is 0.335. The first-order valence-corrected chi connectivity index (χ1v) is 24.0. The van der Waals surface area contributed by atoms with E-state index in [0.29, 0.717) is 73.9 Å². The summed E-state index contributed by atoms with van der Waals surface area (Å²) in [4.78, 5) is 11.5. The fourth-order valence-electron chi connectivity index (χ4n) is 7.96. The van der Waals surface area contributed by atoms with Crippen LogP contribution in [0.25, 0.3) is 31.9 Å². The minimum Gasteiger partial charge on any atom is -0.493 e. The molecular weight excluding hydrogens is 909 g/mol. The fourth-order valence-corrected chi connectivity index (χ4v) is 7.96. The third kappa shape index (κ3) is 14.6. The summed E-state index contributed by atoms with van der Waals surface area (Å²) in [6.07, 6.45) is 0. The molecule has 0 saturated carbocycles. The smallest absolute Gasteiger partial charge is 0.187 e. The van der Waals surface area contributed by atoms with Gasteiger partial charge in [-0.25, -0.2) is 9.69 Å². The number of rotatable bonds is 17. The largest absolute Gasteiger partial charge is 0.493 e. The van der Waals surface area contributed by atoms with Gasteiger partial charge in [-0.1, -0.05) is 133 Å². The Morgan fingerprint density at radius 2 is 0.986 bits per heavy atom.